The van der Waals surface area contributed by atoms with Gasteiger partial charge in [-0.05, 0) is 20.4 Å². The third-order valence-electron chi connectivity index (χ3n) is 3.28. The van der Waals surface area contributed by atoms with E-state index in [4.69, 9.17) is 0 Å². The molecule has 2 heterocycles. The molecule has 0 bridgehead atoms. The van der Waals surface area contributed by atoms with Gasteiger partial charge in [-0.15, -0.1) is 11.3 Å². The summed E-state index contributed by atoms with van der Waals surface area (Å²) in [4.78, 5) is 16.9. The number of carbonyl (C=O) groups excluding carboxylic acids is 1. The predicted molar refractivity (Wildman–Crippen MR) is 83.1 cm³/mol. The predicted octanol–water partition coefficient (Wildman–Crippen LogP) is 1.58. The van der Waals surface area contributed by atoms with Crippen molar-refractivity contribution in [1.82, 2.24) is 25.4 Å². The zero-order valence-electron chi connectivity index (χ0n) is 12.8. The lowest BCUT2D eigenvalue weighted by atomic mass is 10.1. The number of thiazole rings is 1. The Balaban J connectivity index is 2.05. The van der Waals surface area contributed by atoms with E-state index in [1.165, 1.54) is 0 Å². The molecule has 21 heavy (non-hydrogen) atoms. The number of rotatable bonds is 6. The van der Waals surface area contributed by atoms with Gasteiger partial charge in [-0.1, -0.05) is 6.92 Å². The lowest BCUT2D eigenvalue weighted by molar-refractivity contribution is -0.123. The van der Waals surface area contributed by atoms with Crippen LogP contribution in [0.5, 0.6) is 0 Å². The molecule has 1 amide bonds. The van der Waals surface area contributed by atoms with Crippen molar-refractivity contribution in [3.05, 3.63) is 34.0 Å². The van der Waals surface area contributed by atoms with Crippen LogP contribution >= 0.6 is 11.3 Å². The number of hydrogen-bond donors (Lipinski definition) is 2. The lowest BCUT2D eigenvalue weighted by Crippen LogP contribution is -2.37. The van der Waals surface area contributed by atoms with Crippen LogP contribution in [0.3, 0.4) is 0 Å². The van der Waals surface area contributed by atoms with Crippen LogP contribution in [0.2, 0.25) is 0 Å². The third-order valence-corrected chi connectivity index (χ3v) is 4.29. The number of hydrogen-bond acceptors (Lipinski definition) is 5. The highest BCUT2D eigenvalue weighted by Crippen LogP contribution is 2.18. The third kappa shape index (κ3) is 3.68. The highest BCUT2D eigenvalue weighted by molar-refractivity contribution is 7.09. The number of nitrogens with one attached hydrogen (secondary N) is 2. The van der Waals surface area contributed by atoms with Crippen LogP contribution in [0.4, 0.5) is 0 Å². The Hall–Kier alpha value is -1.73. The molecule has 2 aromatic rings. The largest absolute Gasteiger partial charge is 0.346 e. The smallest absolute Gasteiger partial charge is 0.242 e. The van der Waals surface area contributed by atoms with Gasteiger partial charge in [0.1, 0.15) is 6.04 Å². The summed E-state index contributed by atoms with van der Waals surface area (Å²) >= 11 is 1.63. The van der Waals surface area contributed by atoms with Gasteiger partial charge in [-0.25, -0.2) is 4.98 Å². The number of likely N-dealkylation sites (N-methyl/N-ethyl adjacent to an activating group) is 1. The Morgan fingerprint density at radius 2 is 2.29 bits per heavy atom. The summed E-state index contributed by atoms with van der Waals surface area (Å²) in [5.41, 5.74) is 1.75. The van der Waals surface area contributed by atoms with Gasteiger partial charge in [-0.3, -0.25) is 9.48 Å². The number of aryl methyl sites for hydroxylation is 2. The fourth-order valence-corrected chi connectivity index (χ4v) is 2.93. The Kier molecular flexibility index (Phi) is 5.08. The summed E-state index contributed by atoms with van der Waals surface area (Å²) in [5, 5.41) is 13.2. The van der Waals surface area contributed by atoms with E-state index in [-0.39, 0.29) is 11.9 Å². The highest BCUT2D eigenvalue weighted by atomic mass is 32.1. The Morgan fingerprint density at radius 1 is 1.52 bits per heavy atom. The standard InChI is InChI=1S/C14H21N5OS/c1-5-12-18-11(8-21-12)9(2)17-14(20)13(15-3)10-6-16-19(4)7-10/h6-9,13,15H,5H2,1-4H3,(H,17,20). The van der Waals surface area contributed by atoms with Gasteiger partial charge in [0.05, 0.1) is 22.9 Å². The van der Waals surface area contributed by atoms with Crippen LogP contribution < -0.4 is 10.6 Å². The van der Waals surface area contributed by atoms with Gasteiger partial charge in [0.15, 0.2) is 0 Å². The van der Waals surface area contributed by atoms with Gasteiger partial charge < -0.3 is 10.6 Å². The summed E-state index contributed by atoms with van der Waals surface area (Å²) in [6.45, 7) is 4.02. The molecule has 0 fully saturated rings. The fraction of sp³-hybridized carbons (Fsp3) is 0.500. The summed E-state index contributed by atoms with van der Waals surface area (Å²) in [6, 6.07) is -0.521. The summed E-state index contributed by atoms with van der Waals surface area (Å²) in [6.07, 6.45) is 4.45. The van der Waals surface area contributed by atoms with Gasteiger partial charge in [-0.2, -0.15) is 5.10 Å². The zero-order chi connectivity index (χ0) is 15.4. The molecule has 0 radical (unpaired) electrons. The molecule has 2 N–H and O–H groups in total. The number of amides is 1. The van der Waals surface area contributed by atoms with Gasteiger partial charge >= 0.3 is 0 Å². The van der Waals surface area contributed by atoms with Crippen molar-refractivity contribution in [2.24, 2.45) is 7.05 Å². The fourth-order valence-electron chi connectivity index (χ4n) is 2.10. The van der Waals surface area contributed by atoms with E-state index < -0.39 is 6.04 Å². The molecule has 0 aliphatic carbocycles. The van der Waals surface area contributed by atoms with Crippen molar-refractivity contribution in [1.29, 1.82) is 0 Å². The Labute approximate surface area is 128 Å². The first-order chi connectivity index (χ1) is 10.0. The van der Waals surface area contributed by atoms with E-state index in [1.807, 2.05) is 25.5 Å². The topological polar surface area (TPSA) is 71.8 Å². The second kappa shape index (κ2) is 6.82. The van der Waals surface area contributed by atoms with Crippen LogP contribution in [0, 0.1) is 0 Å². The van der Waals surface area contributed by atoms with Crippen molar-refractivity contribution < 1.29 is 4.79 Å². The van der Waals surface area contributed by atoms with Crippen LogP contribution in [0.1, 0.15) is 42.2 Å². The van der Waals surface area contributed by atoms with E-state index in [9.17, 15) is 4.79 Å². The van der Waals surface area contributed by atoms with Crippen LogP contribution in [0.15, 0.2) is 17.8 Å². The van der Waals surface area contributed by atoms with E-state index in [1.54, 1.807) is 29.3 Å². The minimum atomic E-state index is -0.412. The van der Waals surface area contributed by atoms with Crippen LogP contribution in [-0.4, -0.2) is 27.7 Å². The molecule has 2 aromatic heterocycles. The summed E-state index contributed by atoms with van der Waals surface area (Å²) in [5.74, 6) is -0.0796. The van der Waals surface area contributed by atoms with Gasteiger partial charge in [0, 0.05) is 24.2 Å². The van der Waals surface area contributed by atoms with E-state index >= 15 is 0 Å². The molecular weight excluding hydrogens is 286 g/mol. The van der Waals surface area contributed by atoms with E-state index in [2.05, 4.69) is 27.6 Å². The summed E-state index contributed by atoms with van der Waals surface area (Å²) < 4.78 is 1.68. The average Bonchev–Trinajstić information content (AvgIpc) is 3.08. The van der Waals surface area contributed by atoms with Crippen molar-refractivity contribution in [2.45, 2.75) is 32.4 Å². The molecule has 0 spiro atoms. The van der Waals surface area contributed by atoms with Crippen molar-refractivity contribution in [3.8, 4) is 0 Å². The molecule has 0 aromatic carbocycles. The SMILES string of the molecule is CCc1nc(C(C)NC(=O)C(NC)c2cnn(C)c2)cs1. The minimum Gasteiger partial charge on any atom is -0.346 e. The second-order valence-electron chi connectivity index (χ2n) is 4.92. The number of aromatic nitrogens is 3. The molecular formula is C14H21N5OS. The molecule has 7 heteroatoms. The van der Waals surface area contributed by atoms with Crippen molar-refractivity contribution in [2.75, 3.05) is 7.05 Å². The Morgan fingerprint density at radius 3 is 2.81 bits per heavy atom. The molecule has 2 atom stereocenters. The molecule has 2 rings (SSSR count). The first-order valence-electron chi connectivity index (χ1n) is 6.95. The van der Waals surface area contributed by atoms with Crippen molar-refractivity contribution >= 4 is 17.2 Å². The van der Waals surface area contributed by atoms with E-state index in [0.29, 0.717) is 0 Å². The maximum absolute atomic E-state index is 12.4. The summed E-state index contributed by atoms with van der Waals surface area (Å²) in [7, 11) is 3.60. The minimum absolute atomic E-state index is 0.0796. The zero-order valence-corrected chi connectivity index (χ0v) is 13.6. The second-order valence-corrected chi connectivity index (χ2v) is 5.86. The van der Waals surface area contributed by atoms with Crippen LogP contribution in [-0.2, 0) is 18.3 Å². The number of nitrogens with zero attached hydrogens (tertiary/aromatic N) is 3. The molecule has 2 unspecified atom stereocenters. The quantitative estimate of drug-likeness (QED) is 0.850. The van der Waals surface area contributed by atoms with E-state index in [0.717, 1.165) is 22.7 Å². The monoisotopic (exact) mass is 307 g/mol. The van der Waals surface area contributed by atoms with Gasteiger partial charge in [0.25, 0.3) is 0 Å². The van der Waals surface area contributed by atoms with Gasteiger partial charge in [0.2, 0.25) is 5.91 Å². The Bertz CT molecular complexity index is 606. The first kappa shape index (κ1) is 15.7. The highest BCUT2D eigenvalue weighted by Gasteiger charge is 2.22. The molecule has 114 valence electrons. The molecule has 6 nitrogen and oxygen atoms in total. The maximum atomic E-state index is 12.4. The first-order valence-corrected chi connectivity index (χ1v) is 7.83. The van der Waals surface area contributed by atoms with Crippen LogP contribution in [0.25, 0.3) is 0 Å². The average molecular weight is 307 g/mol. The number of carbonyl (C=O) groups is 1. The maximum Gasteiger partial charge on any atom is 0.242 e. The van der Waals surface area contributed by atoms with Crippen molar-refractivity contribution in [3.63, 3.8) is 0 Å². The molecule has 0 aliphatic rings. The molecule has 0 saturated carbocycles. The molecule has 0 saturated heterocycles. The normalized spacial score (nSPS) is 13.9. The molecule has 0 aliphatic heterocycles. The lowest BCUT2D eigenvalue weighted by Gasteiger charge is -2.18.